The number of hydrogen-bond donors (Lipinski definition) is 0. The highest BCUT2D eigenvalue weighted by atomic mass is 16.7. The molecule has 0 unspecified atom stereocenters. The Morgan fingerprint density at radius 3 is 2.06 bits per heavy atom. The van der Waals surface area contributed by atoms with Crippen LogP contribution in [-0.4, -0.2) is 68.4 Å². The largest absolute Gasteiger partial charge is 0.335 e. The van der Waals surface area contributed by atoms with Crippen LogP contribution in [0, 0.1) is 0 Å². The van der Waals surface area contributed by atoms with Crippen molar-refractivity contribution < 1.29 is 9.47 Å². The lowest BCUT2D eigenvalue weighted by atomic mass is 10.3. The van der Waals surface area contributed by atoms with Crippen molar-refractivity contribution in [3.05, 3.63) is 24.5 Å². The Labute approximate surface area is 109 Å². The van der Waals surface area contributed by atoms with Gasteiger partial charge >= 0.3 is 0 Å². The minimum absolute atomic E-state index is 0.723. The zero-order chi connectivity index (χ0) is 13.0. The second kappa shape index (κ2) is 5.84. The smallest absolute Gasteiger partial charge is 0.268 e. The summed E-state index contributed by atoms with van der Waals surface area (Å²) in [6, 6.07) is 3.97. The first-order valence-electron chi connectivity index (χ1n) is 6.35. The zero-order valence-electron chi connectivity index (χ0n) is 11.5. The Balaban J connectivity index is 2.07. The molecule has 18 heavy (non-hydrogen) atoms. The molecule has 2 heterocycles. The van der Waals surface area contributed by atoms with Crippen LogP contribution in [0.4, 0.5) is 0 Å². The van der Waals surface area contributed by atoms with Crippen LogP contribution in [0.25, 0.3) is 0 Å². The van der Waals surface area contributed by atoms with E-state index in [4.69, 9.17) is 9.47 Å². The molecule has 0 bridgehead atoms. The van der Waals surface area contributed by atoms with Gasteiger partial charge in [-0.3, -0.25) is 4.90 Å². The summed E-state index contributed by atoms with van der Waals surface area (Å²) >= 11 is 0. The summed E-state index contributed by atoms with van der Waals surface area (Å²) in [5.41, 5.74) is 0. The number of aromatic nitrogens is 1. The number of methoxy groups -OCH3 is 2. The Morgan fingerprint density at radius 2 is 1.56 bits per heavy atom. The van der Waals surface area contributed by atoms with E-state index in [0.29, 0.717) is 0 Å². The maximum atomic E-state index is 5.65. The van der Waals surface area contributed by atoms with Gasteiger partial charge in [0.25, 0.3) is 5.91 Å². The number of ether oxygens (including phenoxy) is 2. The van der Waals surface area contributed by atoms with Crippen molar-refractivity contribution in [2.24, 2.45) is 0 Å². The van der Waals surface area contributed by atoms with E-state index < -0.39 is 5.91 Å². The predicted octanol–water partition coefficient (Wildman–Crippen LogP) is 0.639. The van der Waals surface area contributed by atoms with Crippen LogP contribution in [0.1, 0.15) is 0 Å². The van der Waals surface area contributed by atoms with Crippen LogP contribution in [0.2, 0.25) is 0 Å². The molecular weight excluding hydrogens is 230 g/mol. The van der Waals surface area contributed by atoms with E-state index in [0.717, 1.165) is 32.7 Å². The quantitative estimate of drug-likeness (QED) is 0.720. The molecule has 1 saturated heterocycles. The summed E-state index contributed by atoms with van der Waals surface area (Å²) in [6.45, 7) is 5.02. The third-order valence-electron chi connectivity index (χ3n) is 3.66. The molecule has 1 aliphatic heterocycles. The molecule has 0 aliphatic carbocycles. The maximum absolute atomic E-state index is 5.65. The number of hydrogen-bond acceptors (Lipinski definition) is 4. The number of piperazine rings is 1. The van der Waals surface area contributed by atoms with Crippen LogP contribution >= 0.6 is 0 Å². The van der Waals surface area contributed by atoms with Gasteiger partial charge in [0.2, 0.25) is 0 Å². The van der Waals surface area contributed by atoms with E-state index in [1.54, 1.807) is 14.2 Å². The first-order chi connectivity index (χ1) is 8.70. The average Bonchev–Trinajstić information content (AvgIpc) is 2.93. The van der Waals surface area contributed by atoms with E-state index in [1.165, 1.54) is 0 Å². The predicted molar refractivity (Wildman–Crippen MR) is 70.4 cm³/mol. The first-order valence-corrected chi connectivity index (χ1v) is 6.35. The van der Waals surface area contributed by atoms with Crippen LogP contribution < -0.4 is 0 Å². The molecule has 1 fully saturated rings. The highest BCUT2D eigenvalue weighted by Gasteiger charge is 2.34. The second-order valence-electron chi connectivity index (χ2n) is 4.79. The summed E-state index contributed by atoms with van der Waals surface area (Å²) in [4.78, 5) is 4.72. The van der Waals surface area contributed by atoms with Crippen molar-refractivity contribution >= 4 is 0 Å². The molecule has 5 heteroatoms. The summed E-state index contributed by atoms with van der Waals surface area (Å²) in [5, 5.41) is 0. The fourth-order valence-corrected chi connectivity index (χ4v) is 2.36. The lowest BCUT2D eigenvalue weighted by Crippen LogP contribution is -2.53. The van der Waals surface area contributed by atoms with Crippen molar-refractivity contribution in [2.75, 3.05) is 54.0 Å². The maximum Gasteiger partial charge on any atom is 0.268 e. The van der Waals surface area contributed by atoms with E-state index in [-0.39, 0.29) is 0 Å². The summed E-state index contributed by atoms with van der Waals surface area (Å²) in [7, 11) is 5.54. The highest BCUT2D eigenvalue weighted by Crippen LogP contribution is 2.21. The molecule has 0 N–H and O–H groups in total. The lowest BCUT2D eigenvalue weighted by molar-refractivity contribution is -0.276. The van der Waals surface area contributed by atoms with Gasteiger partial charge < -0.3 is 18.9 Å². The zero-order valence-corrected chi connectivity index (χ0v) is 11.5. The minimum atomic E-state index is -0.723. The van der Waals surface area contributed by atoms with Crippen LogP contribution in [0.5, 0.6) is 0 Å². The fourth-order valence-electron chi connectivity index (χ4n) is 2.36. The van der Waals surface area contributed by atoms with Gasteiger partial charge in [0.05, 0.1) is 6.54 Å². The first kappa shape index (κ1) is 13.5. The van der Waals surface area contributed by atoms with Crippen molar-refractivity contribution in [1.82, 2.24) is 14.4 Å². The van der Waals surface area contributed by atoms with Gasteiger partial charge in [-0.1, -0.05) is 0 Å². The van der Waals surface area contributed by atoms with E-state index in [1.807, 2.05) is 29.1 Å². The van der Waals surface area contributed by atoms with E-state index in [2.05, 4.69) is 16.8 Å². The van der Waals surface area contributed by atoms with E-state index in [9.17, 15) is 0 Å². The number of likely N-dealkylation sites (N-methyl/N-ethyl adjacent to an activating group) is 1. The Kier molecular flexibility index (Phi) is 4.40. The highest BCUT2D eigenvalue weighted by molar-refractivity contribution is 4.94. The topological polar surface area (TPSA) is 29.9 Å². The Bertz CT molecular complexity index is 341. The van der Waals surface area contributed by atoms with Gasteiger partial charge in [-0.15, -0.1) is 0 Å². The van der Waals surface area contributed by atoms with Crippen molar-refractivity contribution in [2.45, 2.75) is 5.91 Å². The molecule has 0 atom stereocenters. The molecule has 0 radical (unpaired) electrons. The van der Waals surface area contributed by atoms with Gasteiger partial charge in [-0.05, 0) is 19.2 Å². The van der Waals surface area contributed by atoms with Crippen LogP contribution in [0.3, 0.4) is 0 Å². The van der Waals surface area contributed by atoms with Gasteiger partial charge in [0.15, 0.2) is 0 Å². The van der Waals surface area contributed by atoms with Crippen LogP contribution in [0.15, 0.2) is 24.5 Å². The summed E-state index contributed by atoms with van der Waals surface area (Å²) in [6.07, 6.45) is 3.95. The molecule has 0 spiro atoms. The minimum Gasteiger partial charge on any atom is -0.335 e. The fraction of sp³-hybridized carbons (Fsp3) is 0.692. The molecule has 1 aromatic heterocycles. The second-order valence-corrected chi connectivity index (χ2v) is 4.79. The molecule has 102 valence electrons. The van der Waals surface area contributed by atoms with Gasteiger partial charge in [0, 0.05) is 52.8 Å². The van der Waals surface area contributed by atoms with Crippen LogP contribution in [-0.2, 0) is 15.4 Å². The van der Waals surface area contributed by atoms with Crippen molar-refractivity contribution in [3.63, 3.8) is 0 Å². The third-order valence-corrected chi connectivity index (χ3v) is 3.66. The molecule has 0 aromatic carbocycles. The Morgan fingerprint density at radius 1 is 1.00 bits per heavy atom. The van der Waals surface area contributed by atoms with Crippen molar-refractivity contribution in [1.29, 1.82) is 0 Å². The average molecular weight is 253 g/mol. The molecule has 1 aliphatic rings. The lowest BCUT2D eigenvalue weighted by Gasteiger charge is -2.40. The Hall–Kier alpha value is -0.880. The van der Waals surface area contributed by atoms with E-state index >= 15 is 0 Å². The molecule has 1 aromatic rings. The number of nitrogens with zero attached hydrogens (tertiary/aromatic N) is 3. The van der Waals surface area contributed by atoms with Gasteiger partial charge in [-0.2, -0.15) is 0 Å². The normalized spacial score (nSPS) is 19.3. The molecule has 2 rings (SSSR count). The monoisotopic (exact) mass is 253 g/mol. The molecule has 0 saturated carbocycles. The summed E-state index contributed by atoms with van der Waals surface area (Å²) in [5.74, 6) is -0.723. The molecular formula is C13H23N3O2. The third kappa shape index (κ3) is 2.75. The van der Waals surface area contributed by atoms with Gasteiger partial charge in [0.1, 0.15) is 0 Å². The SMILES string of the molecule is COC(CN1CCN(C)CC1)(OC)n1cccc1. The standard InChI is InChI=1S/C13H23N3O2/c1-14-8-10-15(11-9-14)12-13(17-2,18-3)16-6-4-5-7-16/h4-7H,8-12H2,1-3H3. The molecule has 5 nitrogen and oxygen atoms in total. The van der Waals surface area contributed by atoms with Crippen molar-refractivity contribution in [3.8, 4) is 0 Å². The van der Waals surface area contributed by atoms with Gasteiger partial charge in [-0.25, -0.2) is 0 Å². The summed E-state index contributed by atoms with van der Waals surface area (Å²) < 4.78 is 13.3. The molecule has 0 amide bonds. The number of rotatable bonds is 5.